The van der Waals surface area contributed by atoms with E-state index in [1.54, 1.807) is 26.2 Å². The van der Waals surface area contributed by atoms with Crippen LogP contribution in [0.5, 0.6) is 17.2 Å². The summed E-state index contributed by atoms with van der Waals surface area (Å²) in [6, 6.07) is 21.8. The van der Waals surface area contributed by atoms with Crippen LogP contribution in [-0.4, -0.2) is 33.8 Å². The highest BCUT2D eigenvalue weighted by molar-refractivity contribution is 7.94. The average molecular weight is 665 g/mol. The Labute approximate surface area is 263 Å². The highest BCUT2D eigenvalue weighted by Crippen LogP contribution is 2.34. The fourth-order valence-corrected chi connectivity index (χ4v) is 6.33. The first-order valence-corrected chi connectivity index (χ1v) is 17.2. The van der Waals surface area contributed by atoms with Crippen LogP contribution in [0.2, 0.25) is 0 Å². The van der Waals surface area contributed by atoms with Gasteiger partial charge in [0.1, 0.15) is 22.1 Å². The number of hydrogen-bond acceptors (Lipinski definition) is 10. The normalized spacial score (nSPS) is 11.0. The zero-order valence-corrected chi connectivity index (χ0v) is 27.6. The number of ether oxygens (including phenoxy) is 2. The minimum Gasteiger partial charge on any atom is -0.497 e. The quantitative estimate of drug-likeness (QED) is 0.0697. The Hall–Kier alpha value is -3.43. The largest absolute Gasteiger partial charge is 0.497 e. The van der Waals surface area contributed by atoms with Gasteiger partial charge in [-0.15, -0.1) is 4.33 Å². The highest BCUT2D eigenvalue weighted by Gasteiger charge is 2.25. The summed E-state index contributed by atoms with van der Waals surface area (Å²) in [4.78, 5) is -0.943. The Balaban J connectivity index is 0.00000162. The number of hydrogen-bond donors (Lipinski definition) is 2. The summed E-state index contributed by atoms with van der Waals surface area (Å²) >= 11 is 0.589. The predicted molar refractivity (Wildman–Crippen MR) is 169 cm³/mol. The van der Waals surface area contributed by atoms with E-state index in [2.05, 4.69) is 9.37 Å². The van der Waals surface area contributed by atoms with Gasteiger partial charge in [-0.2, -0.15) is 8.42 Å². The molecule has 0 spiro atoms. The van der Waals surface area contributed by atoms with Crippen LogP contribution in [0.3, 0.4) is 0 Å². The third-order valence-electron chi connectivity index (χ3n) is 5.85. The Morgan fingerprint density at radius 1 is 0.727 bits per heavy atom. The lowest BCUT2D eigenvalue weighted by Crippen LogP contribution is -2.07. The van der Waals surface area contributed by atoms with Gasteiger partial charge in [-0.25, -0.2) is 13.7 Å². The van der Waals surface area contributed by atoms with Crippen molar-refractivity contribution >= 4 is 32.0 Å². The van der Waals surface area contributed by atoms with Crippen LogP contribution in [0.4, 0.5) is 0 Å². The summed E-state index contributed by atoms with van der Waals surface area (Å²) in [5.41, 5.74) is 2.67. The standard InChI is InChI=1S/C27H24O10S3.2C2H6/c1-18-3-12-23(16-26(18)38-37-36-28)39(29,30)24-13-14-25(27(17-24)40(31,32)33)35-22-10-6-20(7-11-22)15-19-4-8-21(34-2)9-5-19;2*1-2/h3-14,16-17,28H,15H2,1-2H3,(H,31,32,33);2*1-2H3. The summed E-state index contributed by atoms with van der Waals surface area (Å²) in [6.07, 6.45) is 0.644. The van der Waals surface area contributed by atoms with Crippen LogP contribution < -0.4 is 9.47 Å². The smallest absolute Gasteiger partial charge is 0.298 e. The Morgan fingerprint density at radius 3 is 1.77 bits per heavy atom. The molecule has 4 rings (SSSR count). The SMILES string of the molecule is CC.CC.COc1ccc(Cc2ccc(Oc3ccc(S(=O)(=O)c4ccc(C)c(SOOO)c4)cc3S(=O)(=O)O)cc2)cc1. The van der Waals surface area contributed by atoms with Crippen molar-refractivity contribution in [3.63, 3.8) is 0 Å². The van der Waals surface area contributed by atoms with Crippen molar-refractivity contribution in [1.82, 2.24) is 0 Å². The molecule has 0 unspecified atom stereocenters. The van der Waals surface area contributed by atoms with Gasteiger partial charge >= 0.3 is 0 Å². The number of aryl methyl sites for hydroxylation is 1. The summed E-state index contributed by atoms with van der Waals surface area (Å²) in [5, 5.41) is 12.0. The van der Waals surface area contributed by atoms with Crippen LogP contribution in [-0.2, 0) is 35.7 Å². The van der Waals surface area contributed by atoms with Gasteiger partial charge in [0.25, 0.3) is 10.1 Å². The van der Waals surface area contributed by atoms with Gasteiger partial charge in [-0.05, 0) is 84.6 Å². The molecule has 13 heteroatoms. The second kappa shape index (κ2) is 17.2. The van der Waals surface area contributed by atoms with E-state index in [9.17, 15) is 21.4 Å². The number of methoxy groups -OCH3 is 1. The zero-order chi connectivity index (χ0) is 32.9. The van der Waals surface area contributed by atoms with Crippen molar-refractivity contribution in [2.45, 2.75) is 60.6 Å². The van der Waals surface area contributed by atoms with Crippen LogP contribution in [0.1, 0.15) is 44.4 Å². The van der Waals surface area contributed by atoms with E-state index >= 15 is 0 Å². The number of sulfone groups is 1. The van der Waals surface area contributed by atoms with Gasteiger partial charge in [0.2, 0.25) is 9.84 Å². The lowest BCUT2D eigenvalue weighted by molar-refractivity contribution is -0.432. The van der Waals surface area contributed by atoms with Crippen LogP contribution in [0, 0.1) is 6.92 Å². The highest BCUT2D eigenvalue weighted by atomic mass is 32.2. The molecule has 0 radical (unpaired) electrons. The zero-order valence-electron chi connectivity index (χ0n) is 25.2. The molecule has 0 saturated carbocycles. The van der Waals surface area contributed by atoms with Crippen molar-refractivity contribution < 1.29 is 45.5 Å². The molecule has 2 N–H and O–H groups in total. The molecule has 4 aromatic rings. The molecule has 4 aromatic carbocycles. The van der Waals surface area contributed by atoms with Crippen LogP contribution >= 0.6 is 12.0 Å². The first-order valence-electron chi connectivity index (χ1n) is 13.5. The van der Waals surface area contributed by atoms with Crippen molar-refractivity contribution in [3.8, 4) is 17.2 Å². The molecule has 0 amide bonds. The number of rotatable bonds is 11. The summed E-state index contributed by atoms with van der Waals surface area (Å²) in [6.45, 7) is 9.69. The molecule has 44 heavy (non-hydrogen) atoms. The van der Waals surface area contributed by atoms with Crippen molar-refractivity contribution in [3.05, 3.63) is 102 Å². The third-order valence-corrected chi connectivity index (χ3v) is 9.22. The van der Waals surface area contributed by atoms with E-state index in [0.717, 1.165) is 29.0 Å². The van der Waals surface area contributed by atoms with Gasteiger partial charge < -0.3 is 9.47 Å². The van der Waals surface area contributed by atoms with Crippen LogP contribution in [0.15, 0.2) is 105 Å². The van der Waals surface area contributed by atoms with Gasteiger partial charge in [-0.1, -0.05) is 63.1 Å². The van der Waals surface area contributed by atoms with Gasteiger partial charge in [-0.3, -0.25) is 4.55 Å². The van der Waals surface area contributed by atoms with Crippen molar-refractivity contribution in [2.75, 3.05) is 7.11 Å². The van der Waals surface area contributed by atoms with E-state index < -0.39 is 24.9 Å². The summed E-state index contributed by atoms with van der Waals surface area (Å²) in [5.74, 6) is 0.787. The Kier molecular flexibility index (Phi) is 14.3. The molecule has 10 nitrogen and oxygen atoms in total. The van der Waals surface area contributed by atoms with E-state index in [1.807, 2.05) is 64.1 Å². The molecule has 0 saturated heterocycles. The van der Waals surface area contributed by atoms with E-state index in [0.29, 0.717) is 28.9 Å². The lowest BCUT2D eigenvalue weighted by atomic mass is 10.0. The molecule has 238 valence electrons. The molecular formula is C31H36O10S3. The molecule has 0 bridgehead atoms. The molecule has 0 atom stereocenters. The molecule has 0 aliphatic heterocycles. The van der Waals surface area contributed by atoms with Gasteiger partial charge in [0.15, 0.2) is 0 Å². The minimum atomic E-state index is -4.87. The first kappa shape index (κ1) is 36.8. The maximum absolute atomic E-state index is 13.3. The molecule has 0 aliphatic rings. The topological polar surface area (TPSA) is 146 Å². The lowest BCUT2D eigenvalue weighted by Gasteiger charge is -2.13. The summed E-state index contributed by atoms with van der Waals surface area (Å²) in [7, 11) is -7.50. The predicted octanol–water partition coefficient (Wildman–Crippen LogP) is 7.95. The monoisotopic (exact) mass is 664 g/mol. The fourth-order valence-electron chi connectivity index (χ4n) is 3.75. The Bertz CT molecular complexity index is 1700. The van der Waals surface area contributed by atoms with E-state index in [1.165, 1.54) is 24.3 Å². The van der Waals surface area contributed by atoms with Crippen molar-refractivity contribution in [2.24, 2.45) is 0 Å². The molecule has 0 fully saturated rings. The minimum absolute atomic E-state index is 0.176. The molecule has 0 aliphatic carbocycles. The fraction of sp³-hybridized carbons (Fsp3) is 0.226. The average Bonchev–Trinajstić information content (AvgIpc) is 3.03. The maximum atomic E-state index is 13.3. The second-order valence-electron chi connectivity index (χ2n) is 8.51. The number of benzene rings is 4. The van der Waals surface area contributed by atoms with Gasteiger partial charge in [0.05, 0.1) is 28.9 Å². The maximum Gasteiger partial charge on any atom is 0.298 e. The first-order chi connectivity index (χ1) is 21.0. The molecule has 0 aromatic heterocycles. The van der Waals surface area contributed by atoms with Crippen LogP contribution in [0.25, 0.3) is 0 Å². The van der Waals surface area contributed by atoms with E-state index in [-0.39, 0.29) is 21.3 Å². The Morgan fingerprint density at radius 2 is 1.25 bits per heavy atom. The summed E-state index contributed by atoms with van der Waals surface area (Å²) < 4.78 is 76.1. The molecular weight excluding hydrogens is 629 g/mol. The van der Waals surface area contributed by atoms with Gasteiger partial charge in [0, 0.05) is 4.90 Å². The third kappa shape index (κ3) is 9.79. The van der Waals surface area contributed by atoms with E-state index in [4.69, 9.17) is 14.7 Å². The second-order valence-corrected chi connectivity index (χ2v) is 12.6. The van der Waals surface area contributed by atoms with Crippen molar-refractivity contribution in [1.29, 1.82) is 0 Å². The molecule has 0 heterocycles.